The second-order valence-corrected chi connectivity index (χ2v) is 5.85. The van der Waals surface area contributed by atoms with Gasteiger partial charge in [-0.3, -0.25) is 0 Å². The Bertz CT molecular complexity index is 658. The molecule has 0 aliphatic rings. The summed E-state index contributed by atoms with van der Waals surface area (Å²) in [6, 6.07) is 10.2. The van der Waals surface area contributed by atoms with Crippen molar-refractivity contribution < 1.29 is 0 Å². The monoisotopic (exact) mass is 287 g/mol. The van der Waals surface area contributed by atoms with Crippen molar-refractivity contribution >= 4 is 27.8 Å². The molecule has 3 aromatic rings. The molecule has 0 saturated heterocycles. The van der Waals surface area contributed by atoms with Crippen LogP contribution in [0.25, 0.3) is 21.1 Å². The van der Waals surface area contributed by atoms with Crippen molar-refractivity contribution in [3.05, 3.63) is 41.9 Å². The fraction of sp³-hybridized carbons (Fsp3) is 0.143. The number of hydrogen-bond donors (Lipinski definition) is 1. The molecule has 0 atom stereocenters. The maximum absolute atomic E-state index is 4.56. The molecule has 1 N–H and O–H groups in total. The summed E-state index contributed by atoms with van der Waals surface area (Å²) >= 11 is 3.31. The molecule has 96 valence electrons. The molecule has 2 aromatic heterocycles. The lowest BCUT2D eigenvalue weighted by Gasteiger charge is -1.94. The molecular weight excluding hydrogens is 274 g/mol. The van der Waals surface area contributed by atoms with Gasteiger partial charge in [0.1, 0.15) is 5.01 Å². The zero-order valence-corrected chi connectivity index (χ0v) is 12.1. The molecule has 3 nitrogen and oxygen atoms in total. The maximum Gasteiger partial charge on any atom is 0.183 e. The Morgan fingerprint density at radius 2 is 2.05 bits per heavy atom. The van der Waals surface area contributed by atoms with E-state index in [1.54, 1.807) is 22.7 Å². The summed E-state index contributed by atoms with van der Waals surface area (Å²) in [7, 11) is 0. The Morgan fingerprint density at radius 3 is 2.84 bits per heavy atom. The van der Waals surface area contributed by atoms with E-state index in [2.05, 4.69) is 39.7 Å². The van der Waals surface area contributed by atoms with Crippen LogP contribution in [-0.2, 0) is 0 Å². The van der Waals surface area contributed by atoms with E-state index >= 15 is 0 Å². The highest BCUT2D eigenvalue weighted by molar-refractivity contribution is 7.19. The molecule has 0 unspecified atom stereocenters. The van der Waals surface area contributed by atoms with E-state index in [-0.39, 0.29) is 0 Å². The number of nitrogens with zero attached hydrogens (tertiary/aromatic N) is 2. The van der Waals surface area contributed by atoms with Gasteiger partial charge in [-0.15, -0.1) is 22.7 Å². The Labute approximate surface area is 120 Å². The number of anilines is 1. The molecule has 0 amide bonds. The van der Waals surface area contributed by atoms with Crippen molar-refractivity contribution in [2.45, 2.75) is 6.92 Å². The molecule has 0 spiro atoms. The molecular formula is C14H13N3S2. The Morgan fingerprint density at radius 1 is 1.21 bits per heavy atom. The molecule has 0 saturated carbocycles. The third kappa shape index (κ3) is 2.67. The van der Waals surface area contributed by atoms with Crippen molar-refractivity contribution in [2.75, 3.05) is 11.9 Å². The van der Waals surface area contributed by atoms with E-state index in [1.807, 2.05) is 24.4 Å². The van der Waals surface area contributed by atoms with Gasteiger partial charge in [0.25, 0.3) is 0 Å². The molecule has 19 heavy (non-hydrogen) atoms. The fourth-order valence-corrected chi connectivity index (χ4v) is 3.46. The van der Waals surface area contributed by atoms with E-state index in [1.165, 1.54) is 0 Å². The first kappa shape index (κ1) is 12.3. The van der Waals surface area contributed by atoms with E-state index in [9.17, 15) is 0 Å². The molecule has 0 bridgehead atoms. The van der Waals surface area contributed by atoms with Crippen molar-refractivity contribution in [2.24, 2.45) is 0 Å². The van der Waals surface area contributed by atoms with Crippen LogP contribution in [0, 0.1) is 0 Å². The quantitative estimate of drug-likeness (QED) is 0.774. The Kier molecular flexibility index (Phi) is 3.57. The van der Waals surface area contributed by atoms with Crippen LogP contribution in [0.15, 0.2) is 41.9 Å². The summed E-state index contributed by atoms with van der Waals surface area (Å²) in [4.78, 5) is 10.1. The lowest BCUT2D eigenvalue weighted by atomic mass is 10.2. The highest BCUT2D eigenvalue weighted by Crippen LogP contribution is 2.33. The lowest BCUT2D eigenvalue weighted by Crippen LogP contribution is -1.94. The molecule has 0 fully saturated rings. The second kappa shape index (κ2) is 5.50. The number of hydrogen-bond acceptors (Lipinski definition) is 5. The van der Waals surface area contributed by atoms with Crippen molar-refractivity contribution in [3.8, 4) is 21.1 Å². The second-order valence-electron chi connectivity index (χ2n) is 3.96. The van der Waals surface area contributed by atoms with Crippen LogP contribution in [0.1, 0.15) is 6.92 Å². The number of thiazole rings is 2. The van der Waals surface area contributed by atoms with Gasteiger partial charge in [0.05, 0.1) is 10.6 Å². The summed E-state index contributed by atoms with van der Waals surface area (Å²) in [6.07, 6.45) is 1.90. The van der Waals surface area contributed by atoms with Crippen molar-refractivity contribution in [3.63, 3.8) is 0 Å². The highest BCUT2D eigenvalue weighted by Gasteiger charge is 2.09. The van der Waals surface area contributed by atoms with Crippen LogP contribution in [0.4, 0.5) is 5.13 Å². The SMILES string of the molecule is CCNc1nc(-c2cnc(-c3ccccc3)s2)cs1. The van der Waals surface area contributed by atoms with Crippen LogP contribution >= 0.6 is 22.7 Å². The van der Waals surface area contributed by atoms with Crippen LogP contribution in [0.5, 0.6) is 0 Å². The van der Waals surface area contributed by atoms with Gasteiger partial charge >= 0.3 is 0 Å². The maximum atomic E-state index is 4.56. The molecule has 5 heteroatoms. The summed E-state index contributed by atoms with van der Waals surface area (Å²) in [5.74, 6) is 0. The van der Waals surface area contributed by atoms with Gasteiger partial charge in [0, 0.05) is 23.7 Å². The highest BCUT2D eigenvalue weighted by atomic mass is 32.1. The summed E-state index contributed by atoms with van der Waals surface area (Å²) in [6.45, 7) is 2.96. The zero-order chi connectivity index (χ0) is 13.1. The number of aromatic nitrogens is 2. The van der Waals surface area contributed by atoms with Crippen LogP contribution in [0.3, 0.4) is 0 Å². The lowest BCUT2D eigenvalue weighted by molar-refractivity contribution is 1.19. The first-order valence-electron chi connectivity index (χ1n) is 6.08. The third-order valence-electron chi connectivity index (χ3n) is 2.61. The minimum absolute atomic E-state index is 0.894. The smallest absolute Gasteiger partial charge is 0.183 e. The molecule has 0 radical (unpaired) electrons. The Balaban J connectivity index is 1.88. The molecule has 2 heterocycles. The van der Waals surface area contributed by atoms with Gasteiger partial charge in [0.15, 0.2) is 5.13 Å². The van der Waals surface area contributed by atoms with E-state index in [0.29, 0.717) is 0 Å². The first-order valence-corrected chi connectivity index (χ1v) is 7.77. The van der Waals surface area contributed by atoms with Crippen LogP contribution in [-0.4, -0.2) is 16.5 Å². The van der Waals surface area contributed by atoms with Crippen LogP contribution < -0.4 is 5.32 Å². The predicted molar refractivity (Wildman–Crippen MR) is 82.8 cm³/mol. The fourth-order valence-electron chi connectivity index (χ4n) is 1.73. The minimum atomic E-state index is 0.894. The summed E-state index contributed by atoms with van der Waals surface area (Å²) in [5, 5.41) is 7.30. The average molecular weight is 287 g/mol. The molecule has 1 aromatic carbocycles. The standard InChI is InChI=1S/C14H13N3S2/c1-2-15-14-17-11(9-18-14)12-8-16-13(19-12)10-6-4-3-5-7-10/h3-9H,2H2,1H3,(H,15,17). The Hall–Kier alpha value is -1.72. The zero-order valence-electron chi connectivity index (χ0n) is 10.5. The van der Waals surface area contributed by atoms with Gasteiger partial charge in [-0.1, -0.05) is 30.3 Å². The van der Waals surface area contributed by atoms with Crippen LogP contribution in [0.2, 0.25) is 0 Å². The third-order valence-corrected chi connectivity index (χ3v) is 4.48. The number of benzene rings is 1. The van der Waals surface area contributed by atoms with E-state index < -0.39 is 0 Å². The molecule has 0 aliphatic carbocycles. The summed E-state index contributed by atoms with van der Waals surface area (Å²) in [5.41, 5.74) is 2.15. The van der Waals surface area contributed by atoms with Crippen molar-refractivity contribution in [1.29, 1.82) is 0 Å². The molecule has 0 aliphatic heterocycles. The van der Waals surface area contributed by atoms with E-state index in [0.717, 1.165) is 32.8 Å². The van der Waals surface area contributed by atoms with Crippen molar-refractivity contribution in [1.82, 2.24) is 9.97 Å². The number of rotatable bonds is 4. The first-order chi connectivity index (χ1) is 9.36. The van der Waals surface area contributed by atoms with Gasteiger partial charge in [0.2, 0.25) is 0 Å². The largest absolute Gasteiger partial charge is 0.362 e. The van der Waals surface area contributed by atoms with Gasteiger partial charge in [-0.2, -0.15) is 0 Å². The van der Waals surface area contributed by atoms with Gasteiger partial charge in [-0.05, 0) is 6.92 Å². The normalized spacial score (nSPS) is 10.6. The van der Waals surface area contributed by atoms with E-state index in [4.69, 9.17) is 0 Å². The average Bonchev–Trinajstić information content (AvgIpc) is 3.08. The van der Waals surface area contributed by atoms with Gasteiger partial charge < -0.3 is 5.32 Å². The summed E-state index contributed by atoms with van der Waals surface area (Å²) < 4.78 is 0. The predicted octanol–water partition coefficient (Wildman–Crippen LogP) is 4.37. The minimum Gasteiger partial charge on any atom is -0.362 e. The van der Waals surface area contributed by atoms with Gasteiger partial charge in [-0.25, -0.2) is 9.97 Å². The topological polar surface area (TPSA) is 37.8 Å². The molecule has 3 rings (SSSR count). The number of nitrogens with one attached hydrogen (secondary N) is 1.